The summed E-state index contributed by atoms with van der Waals surface area (Å²) in [6.07, 6.45) is -0.937. The highest BCUT2D eigenvalue weighted by Gasteiger charge is 2.48. The zero-order valence-corrected chi connectivity index (χ0v) is 19.0. The van der Waals surface area contributed by atoms with E-state index in [-0.39, 0.29) is 23.5 Å². The van der Waals surface area contributed by atoms with Crippen LogP contribution in [0.4, 0.5) is 17.6 Å². The Labute approximate surface area is 199 Å². The summed E-state index contributed by atoms with van der Waals surface area (Å²) < 4.78 is 56.7. The van der Waals surface area contributed by atoms with Crippen LogP contribution in [0.3, 0.4) is 0 Å². The molecule has 2 aromatic carbocycles. The van der Waals surface area contributed by atoms with Crippen molar-refractivity contribution in [3.63, 3.8) is 0 Å². The normalized spacial score (nSPS) is 19.7. The molecule has 0 unspecified atom stereocenters. The molecule has 1 saturated carbocycles. The molecule has 1 aliphatic rings. The van der Waals surface area contributed by atoms with E-state index in [0.717, 1.165) is 5.56 Å². The molecule has 5 rings (SSSR count). The number of H-pyrrole nitrogens is 1. The van der Waals surface area contributed by atoms with Gasteiger partial charge in [0.15, 0.2) is 0 Å². The van der Waals surface area contributed by atoms with Gasteiger partial charge in [-0.1, -0.05) is 0 Å². The number of benzene rings is 2. The number of imidazole rings is 1. The van der Waals surface area contributed by atoms with Crippen LogP contribution >= 0.6 is 0 Å². The standard InChI is InChI=1S/C26H24F4N4O/c1-31-25(35)16-6-8-21-22(12-16)34-24(33-21)23(26(28,29)30)15-4-2-14(3-5-15)18-10-11-32-20-9-7-17(27)13-19(18)20/h6-15,23H,2-5H2,1H3,(H,31,35)(H,33,34)/t14?,15?,23-/m1/s1. The fourth-order valence-electron chi connectivity index (χ4n) is 5.37. The fourth-order valence-corrected chi connectivity index (χ4v) is 5.37. The molecule has 1 fully saturated rings. The van der Waals surface area contributed by atoms with Crippen molar-refractivity contribution in [2.24, 2.45) is 5.92 Å². The van der Waals surface area contributed by atoms with Crippen molar-refractivity contribution in [1.29, 1.82) is 0 Å². The van der Waals surface area contributed by atoms with Crippen molar-refractivity contribution in [2.45, 2.75) is 43.7 Å². The van der Waals surface area contributed by atoms with E-state index in [4.69, 9.17) is 0 Å². The smallest absolute Gasteiger partial charge is 0.355 e. The van der Waals surface area contributed by atoms with Crippen molar-refractivity contribution in [2.75, 3.05) is 7.05 Å². The lowest BCUT2D eigenvalue weighted by molar-refractivity contribution is -0.166. The van der Waals surface area contributed by atoms with Gasteiger partial charge in [0.1, 0.15) is 17.6 Å². The van der Waals surface area contributed by atoms with Crippen LogP contribution < -0.4 is 5.32 Å². The lowest BCUT2D eigenvalue weighted by atomic mass is 9.73. The van der Waals surface area contributed by atoms with Gasteiger partial charge in [-0.2, -0.15) is 13.2 Å². The third-order valence-corrected chi connectivity index (χ3v) is 7.06. The number of nitrogens with zero attached hydrogens (tertiary/aromatic N) is 2. The average Bonchev–Trinajstić information content (AvgIpc) is 3.25. The van der Waals surface area contributed by atoms with E-state index in [0.29, 0.717) is 53.2 Å². The number of amides is 1. The van der Waals surface area contributed by atoms with E-state index < -0.39 is 18.0 Å². The molecule has 4 aromatic rings. The highest BCUT2D eigenvalue weighted by molar-refractivity contribution is 5.97. The summed E-state index contributed by atoms with van der Waals surface area (Å²) in [5.74, 6) is -3.13. The van der Waals surface area contributed by atoms with Gasteiger partial charge >= 0.3 is 6.18 Å². The summed E-state index contributed by atoms with van der Waals surface area (Å²) in [5, 5.41) is 3.22. The number of hydrogen-bond acceptors (Lipinski definition) is 3. The minimum atomic E-state index is -4.47. The van der Waals surface area contributed by atoms with Crippen molar-refractivity contribution in [3.05, 3.63) is 71.4 Å². The van der Waals surface area contributed by atoms with E-state index in [9.17, 15) is 22.4 Å². The lowest BCUT2D eigenvalue weighted by Crippen LogP contribution is -2.31. The van der Waals surface area contributed by atoms with Gasteiger partial charge in [0.05, 0.1) is 16.6 Å². The number of pyridine rings is 1. The van der Waals surface area contributed by atoms with E-state index in [1.165, 1.54) is 25.2 Å². The summed E-state index contributed by atoms with van der Waals surface area (Å²) in [5.41, 5.74) is 2.75. The Hall–Kier alpha value is -3.49. The van der Waals surface area contributed by atoms with Crippen LogP contribution in [-0.2, 0) is 0 Å². The maximum Gasteiger partial charge on any atom is 0.399 e. The topological polar surface area (TPSA) is 70.7 Å². The predicted molar refractivity (Wildman–Crippen MR) is 125 cm³/mol. The molecule has 182 valence electrons. The Bertz CT molecular complexity index is 1390. The van der Waals surface area contributed by atoms with Gasteiger partial charge in [-0.15, -0.1) is 0 Å². The molecule has 2 heterocycles. The average molecular weight is 484 g/mol. The van der Waals surface area contributed by atoms with Crippen molar-refractivity contribution in [1.82, 2.24) is 20.3 Å². The number of hydrogen-bond donors (Lipinski definition) is 2. The lowest BCUT2D eigenvalue weighted by Gasteiger charge is -2.34. The molecule has 2 N–H and O–H groups in total. The van der Waals surface area contributed by atoms with Crippen LogP contribution in [0, 0.1) is 11.7 Å². The zero-order valence-electron chi connectivity index (χ0n) is 19.0. The van der Waals surface area contributed by atoms with Crippen LogP contribution in [0.15, 0.2) is 48.7 Å². The second kappa shape index (κ2) is 8.94. The van der Waals surface area contributed by atoms with Crippen LogP contribution in [0.2, 0.25) is 0 Å². The van der Waals surface area contributed by atoms with Gasteiger partial charge in [-0.25, -0.2) is 9.37 Å². The summed E-state index contributed by atoms with van der Waals surface area (Å²) in [6, 6.07) is 10.9. The van der Waals surface area contributed by atoms with Gasteiger partial charge in [0, 0.05) is 24.2 Å². The molecule has 1 aliphatic carbocycles. The first-order valence-electron chi connectivity index (χ1n) is 11.6. The molecule has 1 atom stereocenters. The Morgan fingerprint density at radius 3 is 2.51 bits per heavy atom. The molecule has 5 nitrogen and oxygen atoms in total. The third-order valence-electron chi connectivity index (χ3n) is 7.06. The first kappa shape index (κ1) is 23.3. The number of carbonyl (C=O) groups is 1. The second-order valence-electron chi connectivity index (χ2n) is 9.13. The number of alkyl halides is 3. The van der Waals surface area contributed by atoms with Gasteiger partial charge in [-0.3, -0.25) is 9.78 Å². The number of aromatic amines is 1. The molecule has 9 heteroatoms. The van der Waals surface area contributed by atoms with E-state index in [1.54, 1.807) is 24.4 Å². The summed E-state index contributed by atoms with van der Waals surface area (Å²) in [6.45, 7) is 0. The van der Waals surface area contributed by atoms with E-state index >= 15 is 0 Å². The Kier molecular flexibility index (Phi) is 5.94. The molecule has 35 heavy (non-hydrogen) atoms. The van der Waals surface area contributed by atoms with Crippen LogP contribution in [0.25, 0.3) is 21.9 Å². The largest absolute Gasteiger partial charge is 0.399 e. The maximum atomic E-state index is 14.3. The second-order valence-corrected chi connectivity index (χ2v) is 9.13. The highest BCUT2D eigenvalue weighted by atomic mass is 19.4. The molecule has 0 aliphatic heterocycles. The van der Waals surface area contributed by atoms with E-state index in [1.807, 2.05) is 6.07 Å². The number of fused-ring (bicyclic) bond motifs is 2. The monoisotopic (exact) mass is 484 g/mol. The fraction of sp³-hybridized carbons (Fsp3) is 0.346. The number of nitrogens with one attached hydrogen (secondary N) is 2. The van der Waals surface area contributed by atoms with Gasteiger partial charge < -0.3 is 10.3 Å². The Balaban J connectivity index is 1.41. The molecule has 0 saturated heterocycles. The number of aromatic nitrogens is 3. The zero-order chi connectivity index (χ0) is 24.7. The molecule has 1 amide bonds. The third kappa shape index (κ3) is 4.47. The molecule has 2 aromatic heterocycles. The number of rotatable bonds is 4. The molecule has 0 radical (unpaired) electrons. The van der Waals surface area contributed by atoms with E-state index in [2.05, 4.69) is 20.3 Å². The minimum absolute atomic E-state index is 0.0400. The van der Waals surface area contributed by atoms with Gasteiger partial charge in [0.2, 0.25) is 0 Å². The molecular weight excluding hydrogens is 460 g/mol. The maximum absolute atomic E-state index is 14.3. The van der Waals surface area contributed by atoms with Gasteiger partial charge in [-0.05, 0) is 85.5 Å². The van der Waals surface area contributed by atoms with Crippen molar-refractivity contribution < 1.29 is 22.4 Å². The summed E-state index contributed by atoms with van der Waals surface area (Å²) in [7, 11) is 1.49. The first-order valence-corrected chi connectivity index (χ1v) is 11.6. The predicted octanol–water partition coefficient (Wildman–Crippen LogP) is 6.23. The number of carbonyl (C=O) groups excluding carboxylic acids is 1. The summed E-state index contributed by atoms with van der Waals surface area (Å²) >= 11 is 0. The first-order chi connectivity index (χ1) is 16.7. The van der Waals surface area contributed by atoms with Crippen molar-refractivity contribution in [3.8, 4) is 0 Å². The van der Waals surface area contributed by atoms with Crippen LogP contribution in [0.1, 0.15) is 59.3 Å². The minimum Gasteiger partial charge on any atom is -0.355 e. The van der Waals surface area contributed by atoms with Crippen LogP contribution in [-0.4, -0.2) is 34.1 Å². The SMILES string of the molecule is CNC(=O)c1ccc2nc([C@@H](C3CCC(c4ccnc5ccc(F)cc45)CC3)C(F)(F)F)[nH]c2c1. The Morgan fingerprint density at radius 2 is 1.80 bits per heavy atom. The molecular formula is C26H24F4N4O. The highest BCUT2D eigenvalue weighted by Crippen LogP contribution is 2.48. The molecule has 0 spiro atoms. The molecule has 0 bridgehead atoms. The van der Waals surface area contributed by atoms with Gasteiger partial charge in [0.25, 0.3) is 5.91 Å². The quantitative estimate of drug-likeness (QED) is 0.338. The Morgan fingerprint density at radius 1 is 1.06 bits per heavy atom. The van der Waals surface area contributed by atoms with Crippen LogP contribution in [0.5, 0.6) is 0 Å². The number of halogens is 4. The summed E-state index contributed by atoms with van der Waals surface area (Å²) in [4.78, 5) is 23.3. The van der Waals surface area contributed by atoms with Crippen molar-refractivity contribution >= 4 is 27.8 Å².